The molecule has 9 heteroatoms. The minimum Gasteiger partial charge on any atom is -0.294 e. The van der Waals surface area contributed by atoms with Crippen LogP contribution in [0.5, 0.6) is 0 Å². The van der Waals surface area contributed by atoms with Crippen LogP contribution in [0.4, 0.5) is 13.2 Å². The van der Waals surface area contributed by atoms with Gasteiger partial charge in [0.1, 0.15) is 10.7 Å². The fourth-order valence-corrected chi connectivity index (χ4v) is 4.89. The third-order valence-electron chi connectivity index (χ3n) is 4.18. The first-order valence-electron chi connectivity index (χ1n) is 7.80. The highest BCUT2D eigenvalue weighted by atomic mass is 32.2. The van der Waals surface area contributed by atoms with Gasteiger partial charge in [0.2, 0.25) is 10.0 Å². The minimum absolute atomic E-state index is 0.0290. The maximum absolute atomic E-state index is 13.8. The zero-order valence-electron chi connectivity index (χ0n) is 13.2. The zero-order valence-corrected chi connectivity index (χ0v) is 14.8. The first-order valence-corrected chi connectivity index (χ1v) is 10.2. The molecule has 2 aromatic rings. The quantitative estimate of drug-likeness (QED) is 0.770. The standard InChI is InChI=1S/C16H17F3N2O2S2/c17-11-8-13(19)16(9-12(11)18)25(22,23)20-10-14(15-4-3-7-24-15)21-5-1-2-6-21/h3-4,7-9,14,20H,1-2,5-6,10H2. The molecule has 1 aromatic carbocycles. The zero-order chi connectivity index (χ0) is 18.0. The number of likely N-dealkylation sites (tertiary alicyclic amines) is 1. The van der Waals surface area contributed by atoms with E-state index in [9.17, 15) is 21.6 Å². The van der Waals surface area contributed by atoms with Crippen molar-refractivity contribution >= 4 is 21.4 Å². The van der Waals surface area contributed by atoms with E-state index in [2.05, 4.69) is 9.62 Å². The molecule has 1 aromatic heterocycles. The van der Waals surface area contributed by atoms with Gasteiger partial charge in [-0.15, -0.1) is 11.3 Å². The molecule has 0 aliphatic carbocycles. The summed E-state index contributed by atoms with van der Waals surface area (Å²) < 4.78 is 67.2. The Morgan fingerprint density at radius 1 is 1.12 bits per heavy atom. The van der Waals surface area contributed by atoms with Crippen LogP contribution in [0.15, 0.2) is 34.5 Å². The Balaban J connectivity index is 1.81. The summed E-state index contributed by atoms with van der Waals surface area (Å²) in [5.41, 5.74) is 0. The maximum atomic E-state index is 13.8. The van der Waals surface area contributed by atoms with Gasteiger partial charge in [-0.3, -0.25) is 4.90 Å². The fraction of sp³-hybridized carbons (Fsp3) is 0.375. The van der Waals surface area contributed by atoms with Crippen molar-refractivity contribution in [1.29, 1.82) is 0 Å². The van der Waals surface area contributed by atoms with Crippen LogP contribution in [0, 0.1) is 17.5 Å². The number of hydrogen-bond donors (Lipinski definition) is 1. The van der Waals surface area contributed by atoms with Crippen LogP contribution in [-0.2, 0) is 10.0 Å². The molecule has 0 radical (unpaired) electrons. The molecule has 3 rings (SSSR count). The summed E-state index contributed by atoms with van der Waals surface area (Å²) >= 11 is 1.51. The lowest BCUT2D eigenvalue weighted by Crippen LogP contribution is -2.36. The van der Waals surface area contributed by atoms with E-state index in [-0.39, 0.29) is 18.7 Å². The van der Waals surface area contributed by atoms with Gasteiger partial charge in [-0.2, -0.15) is 0 Å². The second kappa shape index (κ2) is 7.45. The van der Waals surface area contributed by atoms with Gasteiger partial charge in [0.05, 0.1) is 6.04 Å². The Hall–Kier alpha value is -1.42. The molecule has 1 atom stereocenters. The lowest BCUT2D eigenvalue weighted by molar-refractivity contribution is 0.250. The average Bonchev–Trinajstić information content (AvgIpc) is 3.24. The molecular formula is C16H17F3N2O2S2. The van der Waals surface area contributed by atoms with Gasteiger partial charge in [-0.05, 0) is 43.4 Å². The van der Waals surface area contributed by atoms with Crippen molar-refractivity contribution in [1.82, 2.24) is 9.62 Å². The summed E-state index contributed by atoms with van der Waals surface area (Å²) in [5, 5.41) is 1.90. The molecule has 25 heavy (non-hydrogen) atoms. The monoisotopic (exact) mass is 390 g/mol. The van der Waals surface area contributed by atoms with Crippen LogP contribution in [0.2, 0.25) is 0 Å². The molecule has 1 N–H and O–H groups in total. The number of sulfonamides is 1. The van der Waals surface area contributed by atoms with Gasteiger partial charge in [0.15, 0.2) is 11.6 Å². The number of nitrogens with zero attached hydrogens (tertiary/aromatic N) is 1. The highest BCUT2D eigenvalue weighted by Gasteiger charge is 2.28. The minimum atomic E-state index is -4.30. The SMILES string of the molecule is O=S(=O)(NCC(c1cccs1)N1CCCC1)c1cc(F)c(F)cc1F. The van der Waals surface area contributed by atoms with Crippen LogP contribution in [0.1, 0.15) is 23.8 Å². The molecule has 0 amide bonds. The van der Waals surface area contributed by atoms with Gasteiger partial charge in [0.25, 0.3) is 0 Å². The molecule has 136 valence electrons. The lowest BCUT2D eigenvalue weighted by atomic mass is 10.2. The van der Waals surface area contributed by atoms with Gasteiger partial charge >= 0.3 is 0 Å². The Morgan fingerprint density at radius 3 is 2.44 bits per heavy atom. The predicted molar refractivity (Wildman–Crippen MR) is 89.4 cm³/mol. The molecule has 1 aliphatic heterocycles. The molecule has 1 aliphatic rings. The average molecular weight is 390 g/mol. The van der Waals surface area contributed by atoms with Crippen molar-refractivity contribution in [3.63, 3.8) is 0 Å². The second-order valence-corrected chi connectivity index (χ2v) is 8.54. The fourth-order valence-electron chi connectivity index (χ4n) is 2.92. The number of thiophene rings is 1. The lowest BCUT2D eigenvalue weighted by Gasteiger charge is -2.26. The number of halogens is 3. The second-order valence-electron chi connectivity index (χ2n) is 5.82. The van der Waals surface area contributed by atoms with Crippen LogP contribution in [-0.4, -0.2) is 33.0 Å². The maximum Gasteiger partial charge on any atom is 0.243 e. The molecule has 2 heterocycles. The Kier molecular flexibility index (Phi) is 5.47. The molecule has 1 saturated heterocycles. The molecule has 4 nitrogen and oxygen atoms in total. The van der Waals surface area contributed by atoms with Crippen LogP contribution >= 0.6 is 11.3 Å². The van der Waals surface area contributed by atoms with Crippen molar-refractivity contribution in [3.05, 3.63) is 52.0 Å². The van der Waals surface area contributed by atoms with E-state index in [0.29, 0.717) is 6.07 Å². The highest BCUT2D eigenvalue weighted by molar-refractivity contribution is 7.89. The molecular weight excluding hydrogens is 373 g/mol. The van der Waals surface area contributed by atoms with Crippen molar-refractivity contribution in [2.45, 2.75) is 23.8 Å². The molecule has 0 saturated carbocycles. The smallest absolute Gasteiger partial charge is 0.243 e. The summed E-state index contributed by atoms with van der Waals surface area (Å²) in [6.07, 6.45) is 2.07. The highest BCUT2D eigenvalue weighted by Crippen LogP contribution is 2.28. The van der Waals surface area contributed by atoms with Crippen molar-refractivity contribution < 1.29 is 21.6 Å². The third-order valence-corrected chi connectivity index (χ3v) is 6.60. The molecule has 1 fully saturated rings. The van der Waals surface area contributed by atoms with Gasteiger partial charge in [-0.1, -0.05) is 6.07 Å². The largest absolute Gasteiger partial charge is 0.294 e. The normalized spacial score (nSPS) is 17.1. The third kappa shape index (κ3) is 4.05. The summed E-state index contributed by atoms with van der Waals surface area (Å²) in [6.45, 7) is 1.73. The van der Waals surface area contributed by atoms with E-state index >= 15 is 0 Å². The van der Waals surface area contributed by atoms with Crippen molar-refractivity contribution in [3.8, 4) is 0 Å². The van der Waals surface area contributed by atoms with Gasteiger partial charge in [0, 0.05) is 17.5 Å². The number of nitrogens with one attached hydrogen (secondary N) is 1. The van der Waals surface area contributed by atoms with E-state index in [1.807, 2.05) is 17.5 Å². The van der Waals surface area contributed by atoms with Crippen LogP contribution < -0.4 is 4.72 Å². The Bertz CT molecular complexity index is 835. The van der Waals surface area contributed by atoms with Crippen molar-refractivity contribution in [2.75, 3.05) is 19.6 Å². The predicted octanol–water partition coefficient (Wildman–Crippen LogP) is 3.28. The number of benzene rings is 1. The molecule has 1 unspecified atom stereocenters. The molecule has 0 bridgehead atoms. The van der Waals surface area contributed by atoms with Crippen LogP contribution in [0.25, 0.3) is 0 Å². The van der Waals surface area contributed by atoms with Crippen LogP contribution in [0.3, 0.4) is 0 Å². The summed E-state index contributed by atoms with van der Waals surface area (Å²) in [7, 11) is -4.30. The van der Waals surface area contributed by atoms with E-state index in [4.69, 9.17) is 0 Å². The van der Waals surface area contributed by atoms with E-state index < -0.39 is 32.4 Å². The molecule has 0 spiro atoms. The summed E-state index contributed by atoms with van der Waals surface area (Å²) in [4.78, 5) is 2.27. The topological polar surface area (TPSA) is 49.4 Å². The summed E-state index contributed by atoms with van der Waals surface area (Å²) in [6, 6.07) is 4.22. The van der Waals surface area contributed by atoms with Crippen molar-refractivity contribution in [2.24, 2.45) is 0 Å². The first kappa shape index (κ1) is 18.4. The Labute approximate surface area is 148 Å². The van der Waals surface area contributed by atoms with Gasteiger partial charge in [-0.25, -0.2) is 26.3 Å². The Morgan fingerprint density at radius 2 is 1.80 bits per heavy atom. The number of rotatable bonds is 6. The van der Waals surface area contributed by atoms with E-state index in [1.54, 1.807) is 0 Å². The number of hydrogen-bond acceptors (Lipinski definition) is 4. The summed E-state index contributed by atoms with van der Waals surface area (Å²) in [5.74, 6) is -4.15. The van der Waals surface area contributed by atoms with Gasteiger partial charge < -0.3 is 0 Å². The van der Waals surface area contributed by atoms with E-state index in [1.165, 1.54) is 11.3 Å². The van der Waals surface area contributed by atoms with E-state index in [0.717, 1.165) is 30.8 Å². The first-order chi connectivity index (χ1) is 11.9.